The Morgan fingerprint density at radius 2 is 1.89 bits per heavy atom. The van der Waals surface area contributed by atoms with E-state index in [0.29, 0.717) is 11.3 Å². The highest BCUT2D eigenvalue weighted by Gasteiger charge is 2.16. The minimum atomic E-state index is -3.32. The lowest BCUT2D eigenvalue weighted by atomic mass is 10.1. The molecule has 1 aromatic rings. The monoisotopic (exact) mass is 286 g/mol. The lowest BCUT2D eigenvalue weighted by Gasteiger charge is -2.23. The van der Waals surface area contributed by atoms with Crippen molar-refractivity contribution in [3.05, 3.63) is 29.8 Å². The summed E-state index contributed by atoms with van der Waals surface area (Å²) in [6, 6.07) is 5.84. The molecule has 0 saturated heterocycles. The van der Waals surface area contributed by atoms with Gasteiger partial charge in [0.2, 0.25) is 10.0 Å². The zero-order valence-corrected chi connectivity index (χ0v) is 11.9. The van der Waals surface area contributed by atoms with E-state index < -0.39 is 10.0 Å². The van der Waals surface area contributed by atoms with Crippen molar-refractivity contribution in [2.24, 2.45) is 0 Å². The van der Waals surface area contributed by atoms with E-state index in [9.17, 15) is 13.2 Å². The number of hydrogen-bond acceptors (Lipinski definition) is 4. The van der Waals surface area contributed by atoms with E-state index in [1.54, 1.807) is 14.0 Å². The molecule has 0 saturated carbocycles. The van der Waals surface area contributed by atoms with Crippen molar-refractivity contribution in [2.75, 3.05) is 24.6 Å². The number of rotatable bonds is 5. The third-order valence-corrected chi connectivity index (χ3v) is 3.29. The van der Waals surface area contributed by atoms with Gasteiger partial charge >= 0.3 is 0 Å². The number of carbonyl (C=O) groups excluding carboxylic acids is 1. The van der Waals surface area contributed by atoms with Crippen molar-refractivity contribution in [1.82, 2.24) is 4.90 Å². The van der Waals surface area contributed by atoms with E-state index in [4.69, 9.17) is 5.11 Å². The zero-order valence-electron chi connectivity index (χ0n) is 11.1. The van der Waals surface area contributed by atoms with Crippen LogP contribution in [0.1, 0.15) is 17.3 Å². The molecule has 0 aliphatic carbocycles. The lowest BCUT2D eigenvalue weighted by Crippen LogP contribution is -2.37. The molecule has 0 aliphatic rings. The molecule has 1 rings (SSSR count). The summed E-state index contributed by atoms with van der Waals surface area (Å²) in [6.07, 6.45) is 1.06. The van der Waals surface area contributed by atoms with E-state index in [1.807, 2.05) is 0 Å². The van der Waals surface area contributed by atoms with Crippen LogP contribution in [-0.4, -0.2) is 50.3 Å². The molecule has 1 aromatic carbocycles. The molecule has 1 amide bonds. The van der Waals surface area contributed by atoms with Crippen molar-refractivity contribution in [1.29, 1.82) is 0 Å². The van der Waals surface area contributed by atoms with Gasteiger partial charge in [-0.3, -0.25) is 9.52 Å². The Labute approximate surface area is 113 Å². The Bertz CT molecular complexity index is 539. The molecule has 0 bridgehead atoms. The van der Waals surface area contributed by atoms with Crippen LogP contribution >= 0.6 is 0 Å². The van der Waals surface area contributed by atoms with Crippen molar-refractivity contribution in [3.63, 3.8) is 0 Å². The van der Waals surface area contributed by atoms with Gasteiger partial charge in [-0.05, 0) is 31.2 Å². The number of hydrogen-bond donors (Lipinski definition) is 2. The molecule has 1 unspecified atom stereocenters. The highest BCUT2D eigenvalue weighted by atomic mass is 32.2. The van der Waals surface area contributed by atoms with E-state index in [0.717, 1.165) is 6.26 Å². The van der Waals surface area contributed by atoms with Crippen LogP contribution in [0.15, 0.2) is 24.3 Å². The van der Waals surface area contributed by atoms with E-state index in [2.05, 4.69) is 4.72 Å². The second kappa shape index (κ2) is 6.03. The highest BCUT2D eigenvalue weighted by Crippen LogP contribution is 2.13. The van der Waals surface area contributed by atoms with Gasteiger partial charge < -0.3 is 10.0 Å². The van der Waals surface area contributed by atoms with Crippen LogP contribution < -0.4 is 4.72 Å². The normalized spacial score (nSPS) is 12.8. The Morgan fingerprint density at radius 1 is 1.37 bits per heavy atom. The Morgan fingerprint density at radius 3 is 2.32 bits per heavy atom. The molecule has 6 nitrogen and oxygen atoms in total. The Hall–Kier alpha value is -1.60. The number of amides is 1. The summed E-state index contributed by atoms with van der Waals surface area (Å²) in [6.45, 7) is 1.62. The summed E-state index contributed by atoms with van der Waals surface area (Å²) < 4.78 is 24.4. The van der Waals surface area contributed by atoms with Gasteiger partial charge in [0.05, 0.1) is 18.9 Å². The van der Waals surface area contributed by atoms with Gasteiger partial charge in [-0.15, -0.1) is 0 Å². The summed E-state index contributed by atoms with van der Waals surface area (Å²) in [5.74, 6) is -0.229. The van der Waals surface area contributed by atoms with Crippen LogP contribution in [0.5, 0.6) is 0 Å². The number of benzene rings is 1. The predicted octanol–water partition coefficient (Wildman–Crippen LogP) is 0.511. The molecule has 7 heteroatoms. The first kappa shape index (κ1) is 15.5. The molecule has 0 aromatic heterocycles. The molecule has 0 spiro atoms. The molecular formula is C12H18N2O4S. The quantitative estimate of drug-likeness (QED) is 0.825. The molecule has 0 radical (unpaired) electrons. The molecule has 2 N–H and O–H groups in total. The van der Waals surface area contributed by atoms with Crippen LogP contribution in [0, 0.1) is 0 Å². The van der Waals surface area contributed by atoms with Crippen LogP contribution in [0.25, 0.3) is 0 Å². The number of anilines is 1. The molecule has 106 valence electrons. The third-order valence-electron chi connectivity index (χ3n) is 2.68. The summed E-state index contributed by atoms with van der Waals surface area (Å²) in [5.41, 5.74) is 0.832. The largest absolute Gasteiger partial charge is 0.394 e. The molecule has 0 heterocycles. The fraction of sp³-hybridized carbons (Fsp3) is 0.417. The number of nitrogens with one attached hydrogen (secondary N) is 1. The van der Waals surface area contributed by atoms with E-state index >= 15 is 0 Å². The molecule has 1 atom stereocenters. The fourth-order valence-electron chi connectivity index (χ4n) is 1.42. The van der Waals surface area contributed by atoms with Gasteiger partial charge in [0.25, 0.3) is 5.91 Å². The van der Waals surface area contributed by atoms with Crippen LogP contribution in [-0.2, 0) is 10.0 Å². The van der Waals surface area contributed by atoms with Crippen molar-refractivity contribution < 1.29 is 18.3 Å². The maximum atomic E-state index is 12.0. The number of aliphatic hydroxyl groups is 1. The predicted molar refractivity (Wildman–Crippen MR) is 73.5 cm³/mol. The number of likely N-dealkylation sites (N-methyl/N-ethyl adjacent to an activating group) is 1. The molecule has 19 heavy (non-hydrogen) atoms. The zero-order chi connectivity index (χ0) is 14.6. The van der Waals surface area contributed by atoms with Gasteiger partial charge in [-0.2, -0.15) is 0 Å². The minimum absolute atomic E-state index is 0.115. The van der Waals surface area contributed by atoms with Crippen molar-refractivity contribution in [2.45, 2.75) is 13.0 Å². The first-order chi connectivity index (χ1) is 8.74. The highest BCUT2D eigenvalue weighted by molar-refractivity contribution is 7.92. The molecule has 0 aliphatic heterocycles. The van der Waals surface area contributed by atoms with Crippen LogP contribution in [0.3, 0.4) is 0 Å². The first-order valence-electron chi connectivity index (χ1n) is 5.70. The smallest absolute Gasteiger partial charge is 0.253 e. The average molecular weight is 286 g/mol. The minimum Gasteiger partial charge on any atom is -0.394 e. The molecular weight excluding hydrogens is 268 g/mol. The lowest BCUT2D eigenvalue weighted by molar-refractivity contribution is 0.0682. The summed E-state index contributed by atoms with van der Waals surface area (Å²) in [5, 5.41) is 9.00. The average Bonchev–Trinajstić information content (AvgIpc) is 2.35. The van der Waals surface area contributed by atoms with E-state index in [1.165, 1.54) is 29.2 Å². The summed E-state index contributed by atoms with van der Waals surface area (Å²) in [7, 11) is -1.72. The number of nitrogens with zero attached hydrogens (tertiary/aromatic N) is 1. The van der Waals surface area contributed by atoms with Gasteiger partial charge in [-0.1, -0.05) is 0 Å². The second-order valence-electron chi connectivity index (χ2n) is 4.40. The number of sulfonamides is 1. The number of carbonyl (C=O) groups is 1. The summed E-state index contributed by atoms with van der Waals surface area (Å²) >= 11 is 0. The topological polar surface area (TPSA) is 86.7 Å². The van der Waals surface area contributed by atoms with E-state index in [-0.39, 0.29) is 18.6 Å². The maximum absolute atomic E-state index is 12.0. The summed E-state index contributed by atoms with van der Waals surface area (Å²) in [4.78, 5) is 13.4. The van der Waals surface area contributed by atoms with Crippen LogP contribution in [0.4, 0.5) is 5.69 Å². The van der Waals surface area contributed by atoms with Gasteiger partial charge in [-0.25, -0.2) is 8.42 Å². The van der Waals surface area contributed by atoms with Gasteiger partial charge in [0.15, 0.2) is 0 Å². The van der Waals surface area contributed by atoms with Crippen molar-refractivity contribution in [3.8, 4) is 0 Å². The maximum Gasteiger partial charge on any atom is 0.253 e. The second-order valence-corrected chi connectivity index (χ2v) is 6.15. The number of aliphatic hydroxyl groups excluding tert-OH is 1. The molecule has 0 fully saturated rings. The fourth-order valence-corrected chi connectivity index (χ4v) is 1.99. The Kier molecular flexibility index (Phi) is 4.90. The SMILES string of the molecule is CC(CO)N(C)C(=O)c1ccc(NS(C)(=O)=O)cc1. The van der Waals surface area contributed by atoms with Gasteiger partial charge in [0, 0.05) is 18.3 Å². The van der Waals surface area contributed by atoms with Gasteiger partial charge in [0.1, 0.15) is 0 Å². The third kappa shape index (κ3) is 4.53. The van der Waals surface area contributed by atoms with Crippen LogP contribution in [0.2, 0.25) is 0 Å². The van der Waals surface area contributed by atoms with Crippen molar-refractivity contribution >= 4 is 21.6 Å². The standard InChI is InChI=1S/C12H18N2O4S/c1-9(8-15)14(2)12(16)10-4-6-11(7-5-10)13-19(3,17)18/h4-7,9,13,15H,8H2,1-3H3. The Balaban J connectivity index is 2.84. The first-order valence-corrected chi connectivity index (χ1v) is 7.59.